The summed E-state index contributed by atoms with van der Waals surface area (Å²) < 4.78 is 25.2. The number of halogens is 1. The van der Waals surface area contributed by atoms with Crippen LogP contribution in [0.15, 0.2) is 52.2 Å². The van der Waals surface area contributed by atoms with Crippen LogP contribution in [-0.2, 0) is 22.8 Å². The number of benzene rings is 2. The van der Waals surface area contributed by atoms with E-state index in [1.807, 2.05) is 19.9 Å². The van der Waals surface area contributed by atoms with Crippen molar-refractivity contribution in [1.29, 1.82) is 0 Å². The van der Waals surface area contributed by atoms with E-state index >= 15 is 0 Å². The summed E-state index contributed by atoms with van der Waals surface area (Å²) in [5.41, 5.74) is 3.03. The maximum Gasteiger partial charge on any atom is 0.263 e. The van der Waals surface area contributed by atoms with Crippen molar-refractivity contribution in [3.05, 3.63) is 80.2 Å². The van der Waals surface area contributed by atoms with E-state index in [4.69, 9.17) is 16.6 Å². The lowest BCUT2D eigenvalue weighted by Crippen LogP contribution is -2.41. The number of amides is 1. The van der Waals surface area contributed by atoms with Crippen LogP contribution >= 0.6 is 11.6 Å². The van der Waals surface area contributed by atoms with Gasteiger partial charge in [0.2, 0.25) is 5.95 Å². The molecule has 37 heavy (non-hydrogen) atoms. The van der Waals surface area contributed by atoms with Gasteiger partial charge in [0.25, 0.3) is 11.5 Å². The molecule has 2 aromatic carbocycles. The van der Waals surface area contributed by atoms with Crippen molar-refractivity contribution in [2.24, 2.45) is 0 Å². The molecule has 8 nitrogen and oxygen atoms in total. The second kappa shape index (κ2) is 9.61. The average Bonchev–Trinajstić information content (AvgIpc) is 3.68. The third-order valence-corrected chi connectivity index (χ3v) is 8.20. The molecule has 1 aliphatic carbocycles. The summed E-state index contributed by atoms with van der Waals surface area (Å²) in [7, 11) is -3.36. The molecule has 0 radical (unpaired) electrons. The Bertz CT molecular complexity index is 1540. The van der Waals surface area contributed by atoms with Gasteiger partial charge in [0, 0.05) is 35.0 Å². The van der Waals surface area contributed by atoms with Crippen LogP contribution in [0.5, 0.6) is 0 Å². The molecule has 1 amide bonds. The minimum absolute atomic E-state index is 0.0114. The van der Waals surface area contributed by atoms with Gasteiger partial charge in [-0.3, -0.25) is 9.59 Å². The maximum atomic E-state index is 13.7. The molecule has 2 aliphatic rings. The number of fused-ring (bicyclic) bond motifs is 1. The number of sulfone groups is 1. The van der Waals surface area contributed by atoms with Gasteiger partial charge in [0.1, 0.15) is 0 Å². The lowest BCUT2D eigenvalue weighted by molar-refractivity contribution is 0.0731. The van der Waals surface area contributed by atoms with Crippen molar-refractivity contribution in [2.75, 3.05) is 18.1 Å². The van der Waals surface area contributed by atoms with E-state index in [9.17, 15) is 18.0 Å². The van der Waals surface area contributed by atoms with Crippen molar-refractivity contribution in [3.63, 3.8) is 0 Å². The summed E-state index contributed by atoms with van der Waals surface area (Å²) in [5.74, 6) is 0.672. The summed E-state index contributed by atoms with van der Waals surface area (Å²) in [5, 5.41) is 3.93. The van der Waals surface area contributed by atoms with E-state index in [1.165, 1.54) is 16.7 Å². The second-order valence-corrected chi connectivity index (χ2v) is 12.5. The van der Waals surface area contributed by atoms with Gasteiger partial charge in [-0.1, -0.05) is 11.6 Å². The Hall–Kier alpha value is -3.17. The Labute approximate surface area is 221 Å². The Morgan fingerprint density at radius 3 is 2.46 bits per heavy atom. The first-order chi connectivity index (χ1) is 17.5. The van der Waals surface area contributed by atoms with Crippen molar-refractivity contribution < 1.29 is 13.2 Å². The summed E-state index contributed by atoms with van der Waals surface area (Å²) in [6, 6.07) is 11.6. The number of hydrogen-bond acceptors (Lipinski definition) is 6. The van der Waals surface area contributed by atoms with E-state index in [2.05, 4.69) is 5.32 Å². The minimum atomic E-state index is -3.36. The number of rotatable bonds is 6. The van der Waals surface area contributed by atoms with E-state index < -0.39 is 9.84 Å². The lowest BCUT2D eigenvalue weighted by Gasteiger charge is -2.29. The fourth-order valence-electron chi connectivity index (χ4n) is 4.67. The molecule has 0 unspecified atom stereocenters. The fourth-order valence-corrected chi connectivity index (χ4v) is 5.57. The van der Waals surface area contributed by atoms with Crippen LogP contribution in [0.3, 0.4) is 0 Å². The molecule has 1 aliphatic heterocycles. The second-order valence-electron chi connectivity index (χ2n) is 10.1. The zero-order chi connectivity index (χ0) is 26.5. The third kappa shape index (κ3) is 5.15. The minimum Gasteiger partial charge on any atom is -0.353 e. The van der Waals surface area contributed by atoms with Crippen LogP contribution in [0.25, 0.3) is 5.69 Å². The maximum absolute atomic E-state index is 13.7. The molecule has 194 valence electrons. The van der Waals surface area contributed by atoms with E-state index in [0.717, 1.165) is 24.7 Å². The van der Waals surface area contributed by atoms with Crippen LogP contribution in [0.1, 0.15) is 59.8 Å². The van der Waals surface area contributed by atoms with Gasteiger partial charge in [-0.15, -0.1) is 0 Å². The summed E-state index contributed by atoms with van der Waals surface area (Å²) in [4.78, 5) is 33.7. The highest BCUT2D eigenvalue weighted by Crippen LogP contribution is 2.43. The Morgan fingerprint density at radius 2 is 1.84 bits per heavy atom. The number of hydrogen-bond donors (Lipinski definition) is 1. The number of nitrogens with zero attached hydrogens (tertiary/aromatic N) is 3. The topological polar surface area (TPSA) is 101 Å². The molecule has 0 atom stereocenters. The van der Waals surface area contributed by atoms with Crippen LogP contribution in [0, 0.1) is 0 Å². The van der Waals surface area contributed by atoms with Crippen LogP contribution in [0.4, 0.5) is 5.95 Å². The molecule has 5 rings (SSSR count). The number of aromatic nitrogens is 2. The first kappa shape index (κ1) is 25.5. The molecule has 0 saturated heterocycles. The Morgan fingerprint density at radius 1 is 1.14 bits per heavy atom. The van der Waals surface area contributed by atoms with Gasteiger partial charge < -0.3 is 10.2 Å². The zero-order valence-corrected chi connectivity index (χ0v) is 22.6. The van der Waals surface area contributed by atoms with Gasteiger partial charge in [0.05, 0.1) is 22.8 Å². The standard InChI is InChI=1S/C27H29ClN4O4S/c1-16(2)29-27-30-24-15-31(25(33)18-6-11-23(28)22(14-18)17-4-5-17)13-12-21(24)26(34)32(27)19-7-9-20(10-8-19)37(3,35)36/h6-11,14,16-17H,4-5,12-13,15H2,1-3H3,(H,29,30). The number of carbonyl (C=O) groups excluding carboxylic acids is 1. The number of carbonyl (C=O) groups is 1. The lowest BCUT2D eigenvalue weighted by atomic mass is 10.0. The monoisotopic (exact) mass is 540 g/mol. The highest BCUT2D eigenvalue weighted by Gasteiger charge is 2.30. The molecule has 2 heterocycles. The molecular formula is C27H29ClN4O4S. The van der Waals surface area contributed by atoms with Gasteiger partial charge in [-0.25, -0.2) is 18.0 Å². The predicted molar refractivity (Wildman–Crippen MR) is 144 cm³/mol. The zero-order valence-electron chi connectivity index (χ0n) is 21.0. The SMILES string of the molecule is CC(C)Nc1nc2c(c(=O)n1-c1ccc(S(C)(=O)=O)cc1)CCN(C(=O)c1ccc(Cl)c(C3CC3)c1)C2. The summed E-state index contributed by atoms with van der Waals surface area (Å²) in [6.45, 7) is 4.51. The first-order valence-corrected chi connectivity index (χ1v) is 14.6. The van der Waals surface area contributed by atoms with Gasteiger partial charge in [0.15, 0.2) is 9.84 Å². The van der Waals surface area contributed by atoms with E-state index in [0.29, 0.717) is 52.4 Å². The van der Waals surface area contributed by atoms with Crippen molar-refractivity contribution in [3.8, 4) is 5.69 Å². The van der Waals surface area contributed by atoms with Gasteiger partial charge in [-0.05, 0) is 87.1 Å². The Kier molecular flexibility index (Phi) is 6.62. The molecule has 0 spiro atoms. The van der Waals surface area contributed by atoms with Gasteiger partial charge in [-0.2, -0.15) is 0 Å². The molecule has 0 bridgehead atoms. The van der Waals surface area contributed by atoms with E-state index in [-0.39, 0.29) is 28.9 Å². The summed E-state index contributed by atoms with van der Waals surface area (Å²) in [6.07, 6.45) is 3.70. The van der Waals surface area contributed by atoms with Crippen LogP contribution in [0.2, 0.25) is 5.02 Å². The Balaban J connectivity index is 1.49. The quantitative estimate of drug-likeness (QED) is 0.503. The van der Waals surface area contributed by atoms with Crippen LogP contribution in [-0.4, -0.2) is 47.6 Å². The summed E-state index contributed by atoms with van der Waals surface area (Å²) >= 11 is 6.35. The average molecular weight is 541 g/mol. The molecular weight excluding hydrogens is 512 g/mol. The predicted octanol–water partition coefficient (Wildman–Crippen LogP) is 4.19. The molecule has 1 saturated carbocycles. The third-order valence-electron chi connectivity index (χ3n) is 6.72. The molecule has 3 aromatic rings. The van der Waals surface area contributed by atoms with Gasteiger partial charge >= 0.3 is 0 Å². The van der Waals surface area contributed by atoms with Crippen molar-refractivity contribution >= 4 is 33.3 Å². The number of nitrogens with one attached hydrogen (secondary N) is 1. The first-order valence-electron chi connectivity index (χ1n) is 12.3. The van der Waals surface area contributed by atoms with Crippen molar-refractivity contribution in [2.45, 2.75) is 56.5 Å². The molecule has 1 fully saturated rings. The fraction of sp³-hybridized carbons (Fsp3) is 0.370. The normalized spacial score (nSPS) is 15.5. The van der Waals surface area contributed by atoms with Crippen molar-refractivity contribution in [1.82, 2.24) is 14.5 Å². The van der Waals surface area contributed by atoms with E-state index in [1.54, 1.807) is 29.2 Å². The smallest absolute Gasteiger partial charge is 0.263 e. The molecule has 10 heteroatoms. The number of anilines is 1. The highest BCUT2D eigenvalue weighted by atomic mass is 35.5. The molecule has 1 N–H and O–H groups in total. The molecule has 1 aromatic heterocycles. The van der Waals surface area contributed by atoms with Crippen LogP contribution < -0.4 is 10.9 Å². The largest absolute Gasteiger partial charge is 0.353 e. The highest BCUT2D eigenvalue weighted by molar-refractivity contribution is 7.90.